The van der Waals surface area contributed by atoms with Gasteiger partial charge < -0.3 is 15.0 Å². The normalized spacial score (nSPS) is 25.0. The first-order chi connectivity index (χ1) is 10.2. The highest BCUT2D eigenvalue weighted by Crippen LogP contribution is 2.23. The monoisotopic (exact) mass is 288 g/mol. The topological polar surface area (TPSA) is 41.6 Å². The fourth-order valence-electron chi connectivity index (χ4n) is 3.22. The van der Waals surface area contributed by atoms with E-state index < -0.39 is 0 Å². The second-order valence-electron chi connectivity index (χ2n) is 6.01. The average molecular weight is 288 g/mol. The molecule has 1 amide bonds. The second-order valence-corrected chi connectivity index (χ2v) is 6.01. The third-order valence-corrected chi connectivity index (χ3v) is 4.69. The Morgan fingerprint density at radius 3 is 2.86 bits per heavy atom. The number of ether oxygens (including phenoxy) is 1. The fourth-order valence-corrected chi connectivity index (χ4v) is 3.22. The highest BCUT2D eigenvalue weighted by molar-refractivity contribution is 5.95. The van der Waals surface area contributed by atoms with Gasteiger partial charge in [-0.1, -0.05) is 19.9 Å². The number of benzene rings is 1. The highest BCUT2D eigenvalue weighted by atomic mass is 16.5. The van der Waals surface area contributed by atoms with Crippen LogP contribution in [0, 0.1) is 0 Å². The van der Waals surface area contributed by atoms with Crippen LogP contribution in [-0.2, 0) is 18.0 Å². The molecule has 0 bridgehead atoms. The van der Waals surface area contributed by atoms with E-state index in [4.69, 9.17) is 4.74 Å². The maximum absolute atomic E-state index is 12.9. The van der Waals surface area contributed by atoms with E-state index in [9.17, 15) is 4.79 Å². The summed E-state index contributed by atoms with van der Waals surface area (Å²) in [7, 11) is 0. The summed E-state index contributed by atoms with van der Waals surface area (Å²) in [6.07, 6.45) is 2.04. The molecule has 2 aliphatic heterocycles. The van der Waals surface area contributed by atoms with Crippen LogP contribution in [-0.4, -0.2) is 36.0 Å². The number of nitrogens with zero attached hydrogens (tertiary/aromatic N) is 1. The van der Waals surface area contributed by atoms with Crippen LogP contribution in [0.5, 0.6) is 0 Å². The first-order valence-corrected chi connectivity index (χ1v) is 7.96. The summed E-state index contributed by atoms with van der Waals surface area (Å²) in [5, 5.41) is 3.53. The predicted octanol–water partition coefficient (Wildman–Crippen LogP) is 2.32. The Kier molecular flexibility index (Phi) is 4.27. The predicted molar refractivity (Wildman–Crippen MR) is 82.1 cm³/mol. The molecule has 2 unspecified atom stereocenters. The van der Waals surface area contributed by atoms with E-state index in [2.05, 4.69) is 24.1 Å². The Morgan fingerprint density at radius 2 is 2.10 bits per heavy atom. The Labute approximate surface area is 126 Å². The average Bonchev–Trinajstić information content (AvgIpc) is 3.01. The lowest BCUT2D eigenvalue weighted by atomic mass is 10.0. The second kappa shape index (κ2) is 6.16. The molecule has 1 saturated heterocycles. The standard InChI is InChI=1S/C17H24N2O2/c1-3-15-9-19(16(4-2)8-18-15)17(20)12-5-6-13-10-21-11-14(13)7-12/h5-7,15-16,18H,3-4,8-11H2,1-2H3. The van der Waals surface area contributed by atoms with E-state index in [1.54, 1.807) is 0 Å². The van der Waals surface area contributed by atoms with Crippen molar-refractivity contribution in [1.82, 2.24) is 10.2 Å². The van der Waals surface area contributed by atoms with Crippen LogP contribution in [0.4, 0.5) is 0 Å². The zero-order valence-electron chi connectivity index (χ0n) is 12.9. The largest absolute Gasteiger partial charge is 0.372 e. The van der Waals surface area contributed by atoms with Crippen LogP contribution >= 0.6 is 0 Å². The minimum Gasteiger partial charge on any atom is -0.372 e. The molecule has 2 heterocycles. The molecule has 0 radical (unpaired) electrons. The van der Waals surface area contributed by atoms with Crippen molar-refractivity contribution in [2.45, 2.75) is 52.0 Å². The summed E-state index contributed by atoms with van der Waals surface area (Å²) in [6, 6.07) is 6.71. The van der Waals surface area contributed by atoms with E-state index in [1.807, 2.05) is 18.2 Å². The molecule has 0 spiro atoms. The molecule has 1 N–H and O–H groups in total. The Balaban J connectivity index is 1.82. The summed E-state index contributed by atoms with van der Waals surface area (Å²) < 4.78 is 5.44. The third kappa shape index (κ3) is 2.83. The third-order valence-electron chi connectivity index (χ3n) is 4.69. The quantitative estimate of drug-likeness (QED) is 0.928. The van der Waals surface area contributed by atoms with Crippen LogP contribution in [0.15, 0.2) is 18.2 Å². The van der Waals surface area contributed by atoms with Gasteiger partial charge in [-0.05, 0) is 36.1 Å². The molecule has 4 heteroatoms. The molecule has 2 aliphatic rings. The van der Waals surface area contributed by atoms with Gasteiger partial charge >= 0.3 is 0 Å². The SMILES string of the molecule is CCC1CN(C(=O)c2ccc3c(c2)COC3)C(CC)CN1. The van der Waals surface area contributed by atoms with Crippen LogP contribution in [0.1, 0.15) is 48.2 Å². The number of carbonyl (C=O) groups excluding carboxylic acids is 1. The van der Waals surface area contributed by atoms with Crippen LogP contribution in [0.3, 0.4) is 0 Å². The lowest BCUT2D eigenvalue weighted by Gasteiger charge is -2.40. The molecule has 0 aliphatic carbocycles. The molecule has 1 aromatic rings. The lowest BCUT2D eigenvalue weighted by Crippen LogP contribution is -2.57. The summed E-state index contributed by atoms with van der Waals surface area (Å²) in [5.74, 6) is 0.163. The first-order valence-electron chi connectivity index (χ1n) is 7.96. The Hall–Kier alpha value is -1.39. The van der Waals surface area contributed by atoms with Gasteiger partial charge in [0.15, 0.2) is 0 Å². The van der Waals surface area contributed by atoms with E-state index in [1.165, 1.54) is 5.56 Å². The molecule has 21 heavy (non-hydrogen) atoms. The number of nitrogens with one attached hydrogen (secondary N) is 1. The van der Waals surface area contributed by atoms with Crippen molar-refractivity contribution in [2.24, 2.45) is 0 Å². The smallest absolute Gasteiger partial charge is 0.254 e. The molecule has 0 saturated carbocycles. The zero-order valence-corrected chi connectivity index (χ0v) is 12.9. The van der Waals surface area contributed by atoms with Crippen LogP contribution in [0.2, 0.25) is 0 Å². The molecular weight excluding hydrogens is 264 g/mol. The van der Waals surface area contributed by atoms with Crippen molar-refractivity contribution in [1.29, 1.82) is 0 Å². The summed E-state index contributed by atoms with van der Waals surface area (Å²) in [5.41, 5.74) is 3.18. The van der Waals surface area contributed by atoms with E-state index >= 15 is 0 Å². The van der Waals surface area contributed by atoms with Crippen LogP contribution < -0.4 is 5.32 Å². The Morgan fingerprint density at radius 1 is 1.29 bits per heavy atom. The van der Waals surface area contributed by atoms with Gasteiger partial charge in [0.05, 0.1) is 13.2 Å². The van der Waals surface area contributed by atoms with Crippen molar-refractivity contribution in [2.75, 3.05) is 13.1 Å². The minimum atomic E-state index is 0.163. The van der Waals surface area contributed by atoms with E-state index in [0.717, 1.165) is 37.1 Å². The zero-order chi connectivity index (χ0) is 14.8. The van der Waals surface area contributed by atoms with E-state index in [0.29, 0.717) is 25.3 Å². The fraction of sp³-hybridized carbons (Fsp3) is 0.588. The number of amides is 1. The number of fused-ring (bicyclic) bond motifs is 1. The van der Waals surface area contributed by atoms with Crippen LogP contribution in [0.25, 0.3) is 0 Å². The van der Waals surface area contributed by atoms with Crippen molar-refractivity contribution in [3.8, 4) is 0 Å². The summed E-state index contributed by atoms with van der Waals surface area (Å²) >= 11 is 0. The molecule has 3 rings (SSSR count). The number of piperazine rings is 1. The Bertz CT molecular complexity index is 530. The summed E-state index contributed by atoms with van der Waals surface area (Å²) in [4.78, 5) is 14.9. The molecule has 1 aromatic carbocycles. The van der Waals surface area contributed by atoms with Gasteiger partial charge in [-0.3, -0.25) is 4.79 Å². The number of carbonyl (C=O) groups is 1. The van der Waals surface area contributed by atoms with Gasteiger partial charge in [-0.2, -0.15) is 0 Å². The van der Waals surface area contributed by atoms with Gasteiger partial charge in [0, 0.05) is 30.7 Å². The van der Waals surface area contributed by atoms with Crippen molar-refractivity contribution >= 4 is 5.91 Å². The molecular formula is C17H24N2O2. The number of hydrogen-bond acceptors (Lipinski definition) is 3. The van der Waals surface area contributed by atoms with Gasteiger partial charge in [0.25, 0.3) is 5.91 Å². The number of rotatable bonds is 3. The van der Waals surface area contributed by atoms with E-state index in [-0.39, 0.29) is 5.91 Å². The lowest BCUT2D eigenvalue weighted by molar-refractivity contribution is 0.0576. The molecule has 2 atom stereocenters. The minimum absolute atomic E-state index is 0.163. The van der Waals surface area contributed by atoms with Gasteiger partial charge in [0.1, 0.15) is 0 Å². The maximum atomic E-state index is 12.9. The molecule has 0 aromatic heterocycles. The molecule has 114 valence electrons. The first kappa shape index (κ1) is 14.5. The van der Waals surface area contributed by atoms with Gasteiger partial charge in [-0.25, -0.2) is 0 Å². The molecule has 1 fully saturated rings. The van der Waals surface area contributed by atoms with Crippen molar-refractivity contribution in [3.63, 3.8) is 0 Å². The number of hydrogen-bond donors (Lipinski definition) is 1. The van der Waals surface area contributed by atoms with Gasteiger partial charge in [-0.15, -0.1) is 0 Å². The highest BCUT2D eigenvalue weighted by Gasteiger charge is 2.30. The molecule has 4 nitrogen and oxygen atoms in total. The van der Waals surface area contributed by atoms with Crippen molar-refractivity contribution < 1.29 is 9.53 Å². The van der Waals surface area contributed by atoms with Crippen molar-refractivity contribution in [3.05, 3.63) is 34.9 Å². The van der Waals surface area contributed by atoms with Gasteiger partial charge in [0.2, 0.25) is 0 Å². The summed E-state index contributed by atoms with van der Waals surface area (Å²) in [6.45, 7) is 7.32. The maximum Gasteiger partial charge on any atom is 0.254 e.